The van der Waals surface area contributed by atoms with E-state index in [9.17, 15) is 9.59 Å². The molecule has 5 heteroatoms. The van der Waals surface area contributed by atoms with Crippen LogP contribution in [0.25, 0.3) is 11.0 Å². The number of hydrogen-bond donors (Lipinski definition) is 0. The molecule has 0 aliphatic carbocycles. The van der Waals surface area contributed by atoms with E-state index >= 15 is 0 Å². The molecule has 3 heterocycles. The first-order valence-corrected chi connectivity index (χ1v) is 11.0. The van der Waals surface area contributed by atoms with Gasteiger partial charge < -0.3 is 14.2 Å². The van der Waals surface area contributed by atoms with E-state index in [0.29, 0.717) is 31.3 Å². The predicted molar refractivity (Wildman–Crippen MR) is 114 cm³/mol. The molecule has 2 aliphatic heterocycles. The lowest BCUT2D eigenvalue weighted by Gasteiger charge is -2.37. The van der Waals surface area contributed by atoms with Crippen LogP contribution in [-0.4, -0.2) is 47.8 Å². The van der Waals surface area contributed by atoms with Crippen molar-refractivity contribution in [1.82, 2.24) is 9.80 Å². The van der Waals surface area contributed by atoms with Gasteiger partial charge in [0.1, 0.15) is 5.58 Å². The second-order valence-corrected chi connectivity index (χ2v) is 9.01. The van der Waals surface area contributed by atoms with Gasteiger partial charge in [0.2, 0.25) is 11.8 Å². The Balaban J connectivity index is 1.35. The molecule has 1 aromatic heterocycles. The monoisotopic (exact) mass is 396 g/mol. The molecule has 0 radical (unpaired) electrons. The van der Waals surface area contributed by atoms with Crippen LogP contribution in [0.4, 0.5) is 0 Å². The molecule has 2 amide bonds. The summed E-state index contributed by atoms with van der Waals surface area (Å²) in [5.74, 6) is 1.11. The van der Waals surface area contributed by atoms with Crippen molar-refractivity contribution in [3.05, 3.63) is 35.1 Å². The minimum atomic E-state index is 0.0738. The SMILES string of the molecule is Cc1ccc2c(CC(=O)N3CCC(C(=O)N4CCCC(C)C4)CC3)coc2c1C. The van der Waals surface area contributed by atoms with Crippen molar-refractivity contribution in [3.8, 4) is 0 Å². The Kier molecular flexibility index (Phi) is 5.66. The van der Waals surface area contributed by atoms with E-state index in [-0.39, 0.29) is 11.8 Å². The third-order valence-corrected chi connectivity index (χ3v) is 6.85. The van der Waals surface area contributed by atoms with Crippen LogP contribution in [0.15, 0.2) is 22.8 Å². The molecular formula is C24H32N2O3. The average molecular weight is 397 g/mol. The van der Waals surface area contributed by atoms with E-state index in [2.05, 4.69) is 31.7 Å². The first-order chi connectivity index (χ1) is 13.9. The Labute approximate surface area is 173 Å². The number of benzene rings is 1. The molecule has 4 rings (SSSR count). The number of piperidine rings is 2. The number of rotatable bonds is 3. The van der Waals surface area contributed by atoms with E-state index in [1.54, 1.807) is 6.26 Å². The molecule has 0 saturated carbocycles. The van der Waals surface area contributed by atoms with Crippen LogP contribution in [0.5, 0.6) is 0 Å². The smallest absolute Gasteiger partial charge is 0.227 e. The maximum Gasteiger partial charge on any atom is 0.227 e. The topological polar surface area (TPSA) is 53.8 Å². The van der Waals surface area contributed by atoms with Crippen LogP contribution in [0, 0.1) is 25.7 Å². The van der Waals surface area contributed by atoms with Crippen molar-refractivity contribution < 1.29 is 14.0 Å². The van der Waals surface area contributed by atoms with Crippen molar-refractivity contribution in [2.75, 3.05) is 26.2 Å². The van der Waals surface area contributed by atoms with Crippen molar-refractivity contribution in [2.45, 2.75) is 52.9 Å². The lowest BCUT2D eigenvalue weighted by Crippen LogP contribution is -2.47. The normalized spacial score (nSPS) is 21.0. The average Bonchev–Trinajstić information content (AvgIpc) is 3.13. The summed E-state index contributed by atoms with van der Waals surface area (Å²) in [6, 6.07) is 4.13. The Morgan fingerprint density at radius 2 is 1.83 bits per heavy atom. The highest BCUT2D eigenvalue weighted by Crippen LogP contribution is 2.28. The van der Waals surface area contributed by atoms with Gasteiger partial charge in [-0.15, -0.1) is 0 Å². The first kappa shape index (κ1) is 20.0. The lowest BCUT2D eigenvalue weighted by molar-refractivity contribution is -0.141. The lowest BCUT2D eigenvalue weighted by atomic mass is 9.92. The maximum atomic E-state index is 12.9. The largest absolute Gasteiger partial charge is 0.464 e. The molecule has 156 valence electrons. The number of likely N-dealkylation sites (tertiary alicyclic amines) is 2. The number of furan rings is 1. The number of hydrogen-bond acceptors (Lipinski definition) is 3. The Morgan fingerprint density at radius 1 is 1.07 bits per heavy atom. The van der Waals surface area contributed by atoms with Crippen LogP contribution >= 0.6 is 0 Å². The minimum absolute atomic E-state index is 0.0738. The van der Waals surface area contributed by atoms with E-state index in [0.717, 1.165) is 54.4 Å². The van der Waals surface area contributed by atoms with Gasteiger partial charge in [-0.2, -0.15) is 0 Å². The van der Waals surface area contributed by atoms with Crippen LogP contribution in [0.3, 0.4) is 0 Å². The summed E-state index contributed by atoms with van der Waals surface area (Å²) in [5.41, 5.74) is 4.16. The van der Waals surface area contributed by atoms with Gasteiger partial charge in [0.05, 0.1) is 12.7 Å². The van der Waals surface area contributed by atoms with Crippen LogP contribution in [-0.2, 0) is 16.0 Å². The second-order valence-electron chi connectivity index (χ2n) is 9.01. The van der Waals surface area contributed by atoms with Gasteiger partial charge >= 0.3 is 0 Å². The molecular weight excluding hydrogens is 364 g/mol. The van der Waals surface area contributed by atoms with Gasteiger partial charge in [0.15, 0.2) is 0 Å². The van der Waals surface area contributed by atoms with Crippen molar-refractivity contribution in [2.24, 2.45) is 11.8 Å². The number of nitrogens with zero attached hydrogens (tertiary/aromatic N) is 2. The summed E-state index contributed by atoms with van der Waals surface area (Å²) >= 11 is 0. The summed E-state index contributed by atoms with van der Waals surface area (Å²) in [5, 5.41) is 1.03. The summed E-state index contributed by atoms with van der Waals surface area (Å²) in [6.45, 7) is 9.48. The highest BCUT2D eigenvalue weighted by atomic mass is 16.3. The van der Waals surface area contributed by atoms with Crippen LogP contribution < -0.4 is 0 Å². The molecule has 1 aromatic carbocycles. The number of amides is 2. The summed E-state index contributed by atoms with van der Waals surface area (Å²) in [7, 11) is 0. The highest BCUT2D eigenvalue weighted by Gasteiger charge is 2.32. The third-order valence-electron chi connectivity index (χ3n) is 6.85. The number of carbonyl (C=O) groups is 2. The van der Waals surface area contributed by atoms with E-state index < -0.39 is 0 Å². The molecule has 1 unspecified atom stereocenters. The second kappa shape index (κ2) is 8.21. The molecule has 0 bridgehead atoms. The zero-order chi connectivity index (χ0) is 20.5. The molecule has 29 heavy (non-hydrogen) atoms. The van der Waals surface area contributed by atoms with Crippen LogP contribution in [0.1, 0.15) is 49.3 Å². The van der Waals surface area contributed by atoms with Crippen LogP contribution in [0.2, 0.25) is 0 Å². The molecule has 0 spiro atoms. The summed E-state index contributed by atoms with van der Waals surface area (Å²) in [6.07, 6.45) is 5.97. The number of fused-ring (bicyclic) bond motifs is 1. The van der Waals surface area contributed by atoms with E-state index in [1.165, 1.54) is 12.0 Å². The van der Waals surface area contributed by atoms with Crippen molar-refractivity contribution >= 4 is 22.8 Å². The van der Waals surface area contributed by atoms with Crippen molar-refractivity contribution in [3.63, 3.8) is 0 Å². The molecule has 2 aromatic rings. The summed E-state index contributed by atoms with van der Waals surface area (Å²) in [4.78, 5) is 29.7. The van der Waals surface area contributed by atoms with Gasteiger partial charge in [-0.3, -0.25) is 9.59 Å². The fraction of sp³-hybridized carbons (Fsp3) is 0.583. The quantitative estimate of drug-likeness (QED) is 0.785. The molecule has 2 saturated heterocycles. The predicted octanol–water partition coefficient (Wildman–Crippen LogP) is 4.09. The van der Waals surface area contributed by atoms with E-state index in [1.807, 2.05) is 11.0 Å². The Hall–Kier alpha value is -2.30. The zero-order valence-electron chi connectivity index (χ0n) is 17.9. The number of carbonyl (C=O) groups excluding carboxylic acids is 2. The number of aryl methyl sites for hydroxylation is 2. The fourth-order valence-electron chi connectivity index (χ4n) is 4.82. The first-order valence-electron chi connectivity index (χ1n) is 11.0. The minimum Gasteiger partial charge on any atom is -0.464 e. The van der Waals surface area contributed by atoms with Gasteiger partial charge in [-0.1, -0.05) is 19.1 Å². The van der Waals surface area contributed by atoms with Gasteiger partial charge in [0, 0.05) is 43.0 Å². The molecule has 2 aliphatic rings. The maximum absolute atomic E-state index is 12.9. The van der Waals surface area contributed by atoms with Crippen molar-refractivity contribution in [1.29, 1.82) is 0 Å². The molecule has 5 nitrogen and oxygen atoms in total. The van der Waals surface area contributed by atoms with Gasteiger partial charge in [-0.05, 0) is 56.6 Å². The highest BCUT2D eigenvalue weighted by molar-refractivity contribution is 5.89. The third kappa shape index (κ3) is 4.05. The fourth-order valence-corrected chi connectivity index (χ4v) is 4.82. The Morgan fingerprint density at radius 3 is 2.55 bits per heavy atom. The Bertz CT molecular complexity index is 908. The molecule has 0 N–H and O–H groups in total. The molecule has 1 atom stereocenters. The van der Waals surface area contributed by atoms with Gasteiger partial charge in [0.25, 0.3) is 0 Å². The van der Waals surface area contributed by atoms with E-state index in [4.69, 9.17) is 4.42 Å². The summed E-state index contributed by atoms with van der Waals surface area (Å²) < 4.78 is 5.75. The molecule has 2 fully saturated rings. The van der Waals surface area contributed by atoms with Gasteiger partial charge in [-0.25, -0.2) is 0 Å². The zero-order valence-corrected chi connectivity index (χ0v) is 17.9. The standard InChI is InChI=1S/C24H32N2O3/c1-16-5-4-10-26(14-16)24(28)19-8-11-25(12-9-19)22(27)13-20-15-29-23-18(3)17(2)6-7-21(20)23/h6-7,15-16,19H,4-5,8-14H2,1-3H3.